The first kappa shape index (κ1) is 19.5. The lowest BCUT2D eigenvalue weighted by Crippen LogP contribution is -2.22. The highest BCUT2D eigenvalue weighted by Gasteiger charge is 2.28. The summed E-state index contributed by atoms with van der Waals surface area (Å²) in [5.74, 6) is -0.221. The maximum atomic E-state index is 12.2. The number of hydrogen-bond donors (Lipinski definition) is 2. The summed E-state index contributed by atoms with van der Waals surface area (Å²) in [5, 5.41) is 12.8. The molecule has 2 heterocycles. The Morgan fingerprint density at radius 1 is 1.37 bits per heavy atom. The second-order valence-corrected chi connectivity index (χ2v) is 7.44. The minimum absolute atomic E-state index is 0.173. The molecule has 0 spiro atoms. The van der Waals surface area contributed by atoms with E-state index in [1.165, 1.54) is 18.2 Å². The Balaban J connectivity index is 1.87. The second kappa shape index (κ2) is 8.21. The third-order valence-electron chi connectivity index (χ3n) is 3.69. The Labute approximate surface area is 169 Å². The number of nitrogens with one attached hydrogen (secondary N) is 1. The van der Waals surface area contributed by atoms with Crippen molar-refractivity contribution < 1.29 is 19.1 Å². The summed E-state index contributed by atoms with van der Waals surface area (Å²) in [6.45, 7) is 1.96. The van der Waals surface area contributed by atoms with Crippen LogP contribution < -0.4 is 5.32 Å². The lowest BCUT2D eigenvalue weighted by Gasteiger charge is -2.11. The molecule has 1 aliphatic heterocycles. The first-order valence-electron chi connectivity index (χ1n) is 7.92. The smallest absolute Gasteiger partial charge is 0.333 e. The summed E-state index contributed by atoms with van der Waals surface area (Å²) in [5.41, 5.74) is 0.284. The van der Waals surface area contributed by atoms with Gasteiger partial charge in [0.25, 0.3) is 5.91 Å². The van der Waals surface area contributed by atoms with Crippen molar-refractivity contribution in [2.24, 2.45) is 4.99 Å². The molecule has 1 aromatic heterocycles. The minimum atomic E-state index is -1.27. The number of rotatable bonds is 5. The van der Waals surface area contributed by atoms with Crippen molar-refractivity contribution in [3.63, 3.8) is 0 Å². The average Bonchev–Trinajstić information content (AvgIpc) is 3.20. The minimum Gasteiger partial charge on any atom is -0.479 e. The third kappa shape index (κ3) is 4.55. The highest BCUT2D eigenvalue weighted by Crippen LogP contribution is 2.32. The number of nitrogens with zero attached hydrogens (tertiary/aromatic N) is 1. The number of aryl methyl sites for hydroxylation is 1. The Morgan fingerprint density at radius 2 is 2.15 bits per heavy atom. The van der Waals surface area contributed by atoms with E-state index in [-0.39, 0.29) is 21.7 Å². The Bertz CT molecular complexity index is 968. The zero-order valence-electron chi connectivity index (χ0n) is 14.0. The number of benzene rings is 1. The summed E-state index contributed by atoms with van der Waals surface area (Å²) < 4.78 is 5.56. The van der Waals surface area contributed by atoms with Crippen molar-refractivity contribution in [2.75, 3.05) is 0 Å². The molecule has 1 atom stereocenters. The molecule has 3 rings (SSSR count). The zero-order chi connectivity index (χ0) is 19.6. The van der Waals surface area contributed by atoms with E-state index in [0.717, 1.165) is 23.9 Å². The molecule has 140 valence electrons. The molecule has 1 saturated heterocycles. The van der Waals surface area contributed by atoms with Crippen LogP contribution in [0.1, 0.15) is 30.0 Å². The fraction of sp³-hybridized carbons (Fsp3) is 0.167. The van der Waals surface area contributed by atoms with Gasteiger partial charge in [0.15, 0.2) is 11.2 Å². The molecule has 0 radical (unpaired) electrons. The van der Waals surface area contributed by atoms with Crippen LogP contribution in [0.5, 0.6) is 0 Å². The van der Waals surface area contributed by atoms with E-state index in [1.807, 2.05) is 13.0 Å². The van der Waals surface area contributed by atoms with Gasteiger partial charge in [0.05, 0.1) is 4.91 Å². The number of hydrogen-bond acceptors (Lipinski definition) is 5. The van der Waals surface area contributed by atoms with Gasteiger partial charge >= 0.3 is 5.97 Å². The molecule has 0 bridgehead atoms. The molecule has 1 aliphatic rings. The predicted molar refractivity (Wildman–Crippen MR) is 106 cm³/mol. The first-order chi connectivity index (χ1) is 12.9. The van der Waals surface area contributed by atoms with Crippen molar-refractivity contribution in [3.05, 3.63) is 62.4 Å². The molecule has 1 fully saturated rings. The molecule has 1 amide bonds. The van der Waals surface area contributed by atoms with Crippen molar-refractivity contribution in [1.29, 1.82) is 0 Å². The number of thioether (sulfide) groups is 1. The maximum Gasteiger partial charge on any atom is 0.333 e. The first-order valence-corrected chi connectivity index (χ1v) is 9.49. The number of furan rings is 1. The van der Waals surface area contributed by atoms with E-state index in [1.54, 1.807) is 12.1 Å². The molecule has 1 unspecified atom stereocenters. The lowest BCUT2D eigenvalue weighted by atomic mass is 10.1. The number of carboxylic acid groups (broad SMARTS) is 1. The maximum absolute atomic E-state index is 12.2. The Morgan fingerprint density at radius 3 is 2.78 bits per heavy atom. The Hall–Kier alpha value is -2.22. The van der Waals surface area contributed by atoms with Gasteiger partial charge in [-0.25, -0.2) is 9.79 Å². The molecule has 2 aromatic rings. The topological polar surface area (TPSA) is 91.9 Å². The summed E-state index contributed by atoms with van der Waals surface area (Å²) >= 11 is 13.0. The van der Waals surface area contributed by atoms with Crippen molar-refractivity contribution >= 4 is 58.1 Å². The molecule has 27 heavy (non-hydrogen) atoms. The van der Waals surface area contributed by atoms with Crippen LogP contribution in [-0.4, -0.2) is 22.2 Å². The van der Waals surface area contributed by atoms with Gasteiger partial charge in [0, 0.05) is 28.1 Å². The van der Waals surface area contributed by atoms with Crippen molar-refractivity contribution in [3.8, 4) is 0 Å². The van der Waals surface area contributed by atoms with Crippen molar-refractivity contribution in [2.45, 2.75) is 19.4 Å². The summed E-state index contributed by atoms with van der Waals surface area (Å²) in [6.07, 6.45) is 2.34. The normalized spacial score (nSPS) is 18.1. The standard InChI is InChI=1S/C18H14Cl2N2O4S/c1-2-10-4-5-11(26-10)8-14-16(23)22-18(27-14)21-15(17(24)25)12-6-3-9(19)7-13(12)20/h3-8,15H,2H2,1H3,(H,24,25)(H,21,22,23)/b14-8-. The van der Waals surface area contributed by atoms with Crippen LogP contribution >= 0.6 is 35.0 Å². The van der Waals surface area contributed by atoms with E-state index < -0.39 is 12.0 Å². The van der Waals surface area contributed by atoms with Gasteiger partial charge in [-0.2, -0.15) is 0 Å². The van der Waals surface area contributed by atoms with Crippen molar-refractivity contribution in [1.82, 2.24) is 5.32 Å². The van der Waals surface area contributed by atoms with E-state index >= 15 is 0 Å². The zero-order valence-corrected chi connectivity index (χ0v) is 16.4. The number of amidine groups is 1. The highest BCUT2D eigenvalue weighted by molar-refractivity contribution is 8.18. The number of carboxylic acids is 1. The van der Waals surface area contributed by atoms with E-state index in [2.05, 4.69) is 10.3 Å². The molecular formula is C18H14Cl2N2O4S. The fourth-order valence-corrected chi connectivity index (χ4v) is 3.72. The van der Waals surface area contributed by atoms with E-state index in [0.29, 0.717) is 15.7 Å². The van der Waals surface area contributed by atoms with Crippen LogP contribution in [0.4, 0.5) is 0 Å². The SMILES string of the molecule is CCc1ccc(/C=C2\SC(=NC(C(=O)O)c3ccc(Cl)cc3Cl)NC2=O)o1. The van der Waals surface area contributed by atoms with Crippen LogP contribution in [0, 0.1) is 0 Å². The molecular weight excluding hydrogens is 411 g/mol. The highest BCUT2D eigenvalue weighted by atomic mass is 35.5. The van der Waals surface area contributed by atoms with Crippen LogP contribution in [0.2, 0.25) is 10.0 Å². The quantitative estimate of drug-likeness (QED) is 0.687. The molecule has 9 heteroatoms. The van der Waals surface area contributed by atoms with E-state index in [4.69, 9.17) is 27.6 Å². The largest absolute Gasteiger partial charge is 0.479 e. The molecule has 0 saturated carbocycles. The third-order valence-corrected chi connectivity index (χ3v) is 5.18. The summed E-state index contributed by atoms with van der Waals surface area (Å²) in [6, 6.07) is 6.81. The molecule has 6 nitrogen and oxygen atoms in total. The second-order valence-electron chi connectivity index (χ2n) is 5.56. The number of aliphatic carboxylic acids is 1. The van der Waals surface area contributed by atoms with Gasteiger partial charge in [0.2, 0.25) is 0 Å². The Kier molecular flexibility index (Phi) is 5.94. The molecule has 0 aliphatic carbocycles. The monoisotopic (exact) mass is 424 g/mol. The summed E-state index contributed by atoms with van der Waals surface area (Å²) in [7, 11) is 0. The van der Waals surface area contributed by atoms with Crippen LogP contribution in [0.3, 0.4) is 0 Å². The average molecular weight is 425 g/mol. The number of carbonyl (C=O) groups excluding carboxylic acids is 1. The number of aliphatic imine (C=N–C) groups is 1. The van der Waals surface area contributed by atoms with E-state index in [9.17, 15) is 14.7 Å². The van der Waals surface area contributed by atoms with Crippen LogP contribution in [0.15, 0.2) is 44.6 Å². The predicted octanol–water partition coefficient (Wildman–Crippen LogP) is 4.53. The van der Waals surface area contributed by atoms with Crippen LogP contribution in [-0.2, 0) is 16.0 Å². The van der Waals surface area contributed by atoms with Gasteiger partial charge < -0.3 is 14.8 Å². The lowest BCUT2D eigenvalue weighted by molar-refractivity contribution is -0.138. The molecule has 2 N–H and O–H groups in total. The fourth-order valence-electron chi connectivity index (χ4n) is 2.38. The number of carbonyl (C=O) groups is 2. The van der Waals surface area contributed by atoms with Gasteiger partial charge in [-0.05, 0) is 36.0 Å². The van der Waals surface area contributed by atoms with Gasteiger partial charge in [-0.3, -0.25) is 4.79 Å². The van der Waals surface area contributed by atoms with Gasteiger partial charge in [-0.15, -0.1) is 0 Å². The van der Waals surface area contributed by atoms with Gasteiger partial charge in [0.1, 0.15) is 11.5 Å². The van der Waals surface area contributed by atoms with Gasteiger partial charge in [-0.1, -0.05) is 36.2 Å². The molecule has 1 aromatic carbocycles. The summed E-state index contributed by atoms with van der Waals surface area (Å²) in [4.78, 5) is 28.3. The van der Waals surface area contributed by atoms with Crippen LogP contribution in [0.25, 0.3) is 6.08 Å². The number of amides is 1. The number of halogens is 2.